The van der Waals surface area contributed by atoms with E-state index in [-0.39, 0.29) is 11.7 Å². The zero-order valence-corrected chi connectivity index (χ0v) is 8.42. The number of ether oxygens (including phenoxy) is 1. The van der Waals surface area contributed by atoms with Gasteiger partial charge in [-0.05, 0) is 26.7 Å². The first-order valence-corrected chi connectivity index (χ1v) is 4.63. The first kappa shape index (κ1) is 10.2. The van der Waals surface area contributed by atoms with E-state index in [4.69, 9.17) is 0 Å². The molecule has 74 valence electrons. The summed E-state index contributed by atoms with van der Waals surface area (Å²) in [6.07, 6.45) is 2.96. The number of Topliss-reactive ketones (excluding diaryl/α,β-unsaturated/α-hetero) is 1. The largest absolute Gasteiger partial charge is 0.468 e. The first-order chi connectivity index (χ1) is 6.00. The monoisotopic (exact) mass is 184 g/mol. The van der Waals surface area contributed by atoms with E-state index in [9.17, 15) is 9.59 Å². The molecule has 0 aromatic rings. The standard InChI is InChI=1S/C10H16O3/c1-10(2,9(12)13-3)8(11)7-5-4-6-7/h7H,4-6H2,1-3H3. The molecule has 1 aliphatic carbocycles. The van der Waals surface area contributed by atoms with Crippen LogP contribution < -0.4 is 0 Å². The molecule has 0 spiro atoms. The highest BCUT2D eigenvalue weighted by atomic mass is 16.5. The number of methoxy groups -OCH3 is 1. The van der Waals surface area contributed by atoms with Gasteiger partial charge in [0.1, 0.15) is 5.41 Å². The van der Waals surface area contributed by atoms with Gasteiger partial charge in [0.15, 0.2) is 5.78 Å². The Morgan fingerprint density at radius 1 is 1.31 bits per heavy atom. The van der Waals surface area contributed by atoms with E-state index in [2.05, 4.69) is 4.74 Å². The van der Waals surface area contributed by atoms with Crippen molar-refractivity contribution in [2.24, 2.45) is 11.3 Å². The number of hydrogen-bond donors (Lipinski definition) is 0. The maximum absolute atomic E-state index is 11.7. The van der Waals surface area contributed by atoms with Gasteiger partial charge in [0.25, 0.3) is 0 Å². The minimum atomic E-state index is -0.958. The lowest BCUT2D eigenvalue weighted by Crippen LogP contribution is -2.40. The zero-order valence-electron chi connectivity index (χ0n) is 8.42. The average Bonchev–Trinajstić information content (AvgIpc) is 1.99. The molecule has 1 rings (SSSR count). The van der Waals surface area contributed by atoms with Gasteiger partial charge in [0.2, 0.25) is 0 Å². The van der Waals surface area contributed by atoms with Crippen LogP contribution in [0.5, 0.6) is 0 Å². The smallest absolute Gasteiger partial charge is 0.318 e. The molecular weight excluding hydrogens is 168 g/mol. The molecule has 0 bridgehead atoms. The van der Waals surface area contributed by atoms with Crippen LogP contribution in [0.1, 0.15) is 33.1 Å². The molecule has 0 saturated heterocycles. The fourth-order valence-corrected chi connectivity index (χ4v) is 1.54. The molecule has 13 heavy (non-hydrogen) atoms. The molecule has 0 amide bonds. The van der Waals surface area contributed by atoms with Crippen molar-refractivity contribution >= 4 is 11.8 Å². The Morgan fingerprint density at radius 2 is 1.85 bits per heavy atom. The topological polar surface area (TPSA) is 43.4 Å². The number of esters is 1. The van der Waals surface area contributed by atoms with Gasteiger partial charge >= 0.3 is 5.97 Å². The van der Waals surface area contributed by atoms with Crippen LogP contribution in [-0.2, 0) is 14.3 Å². The summed E-state index contributed by atoms with van der Waals surface area (Å²) >= 11 is 0. The Labute approximate surface area is 78.5 Å². The maximum atomic E-state index is 11.7. The van der Waals surface area contributed by atoms with Crippen molar-refractivity contribution in [3.63, 3.8) is 0 Å². The van der Waals surface area contributed by atoms with Crippen molar-refractivity contribution in [2.45, 2.75) is 33.1 Å². The van der Waals surface area contributed by atoms with Crippen molar-refractivity contribution in [3.8, 4) is 0 Å². The molecule has 0 radical (unpaired) electrons. The molecule has 0 heterocycles. The summed E-state index contributed by atoms with van der Waals surface area (Å²) in [6.45, 7) is 3.28. The number of rotatable bonds is 3. The van der Waals surface area contributed by atoms with Crippen LogP contribution in [0.25, 0.3) is 0 Å². The van der Waals surface area contributed by atoms with Crippen LogP contribution in [0.4, 0.5) is 0 Å². The molecule has 1 aliphatic rings. The zero-order chi connectivity index (χ0) is 10.1. The number of carbonyl (C=O) groups excluding carboxylic acids is 2. The van der Waals surface area contributed by atoms with Crippen molar-refractivity contribution in [1.82, 2.24) is 0 Å². The molecule has 1 saturated carbocycles. The van der Waals surface area contributed by atoms with Gasteiger partial charge in [-0.2, -0.15) is 0 Å². The number of ketones is 1. The van der Waals surface area contributed by atoms with E-state index in [1.54, 1.807) is 13.8 Å². The highest BCUT2D eigenvalue weighted by Gasteiger charge is 2.42. The predicted octanol–water partition coefficient (Wildman–Crippen LogP) is 1.55. The summed E-state index contributed by atoms with van der Waals surface area (Å²) in [6, 6.07) is 0. The van der Waals surface area contributed by atoms with Crippen molar-refractivity contribution in [1.29, 1.82) is 0 Å². The Bertz CT molecular complexity index is 226. The Balaban J connectivity index is 2.67. The second kappa shape index (κ2) is 3.48. The molecule has 0 unspecified atom stereocenters. The van der Waals surface area contributed by atoms with Crippen molar-refractivity contribution < 1.29 is 14.3 Å². The Hall–Kier alpha value is -0.860. The summed E-state index contributed by atoms with van der Waals surface area (Å²) in [4.78, 5) is 23.0. The van der Waals surface area contributed by atoms with Crippen molar-refractivity contribution in [2.75, 3.05) is 7.11 Å². The third kappa shape index (κ3) is 1.74. The minimum Gasteiger partial charge on any atom is -0.468 e. The third-order valence-corrected chi connectivity index (χ3v) is 2.79. The Morgan fingerprint density at radius 3 is 2.15 bits per heavy atom. The highest BCUT2D eigenvalue weighted by molar-refractivity contribution is 6.04. The second-order valence-electron chi connectivity index (χ2n) is 4.11. The van der Waals surface area contributed by atoms with Gasteiger partial charge in [0.05, 0.1) is 7.11 Å². The number of hydrogen-bond acceptors (Lipinski definition) is 3. The van der Waals surface area contributed by atoms with Crippen LogP contribution in [0, 0.1) is 11.3 Å². The van der Waals surface area contributed by atoms with Gasteiger partial charge < -0.3 is 4.74 Å². The fraction of sp³-hybridized carbons (Fsp3) is 0.800. The average molecular weight is 184 g/mol. The summed E-state index contributed by atoms with van der Waals surface area (Å²) in [5.74, 6) is -0.302. The van der Waals surface area contributed by atoms with Crippen LogP contribution in [-0.4, -0.2) is 18.9 Å². The van der Waals surface area contributed by atoms with Crippen LogP contribution in [0.2, 0.25) is 0 Å². The molecule has 0 atom stereocenters. The van der Waals surface area contributed by atoms with Gasteiger partial charge in [0, 0.05) is 5.92 Å². The summed E-state index contributed by atoms with van der Waals surface area (Å²) in [5.41, 5.74) is -0.958. The van der Waals surface area contributed by atoms with Gasteiger partial charge in [-0.15, -0.1) is 0 Å². The fourth-order valence-electron chi connectivity index (χ4n) is 1.54. The molecular formula is C10H16O3. The molecule has 0 aliphatic heterocycles. The van der Waals surface area contributed by atoms with Crippen LogP contribution in [0.15, 0.2) is 0 Å². The summed E-state index contributed by atoms with van der Waals surface area (Å²) < 4.78 is 4.60. The van der Waals surface area contributed by atoms with E-state index in [1.165, 1.54) is 7.11 Å². The van der Waals surface area contributed by atoms with E-state index >= 15 is 0 Å². The lowest BCUT2D eigenvalue weighted by Gasteiger charge is -2.30. The summed E-state index contributed by atoms with van der Waals surface area (Å²) in [7, 11) is 1.32. The molecule has 0 N–H and O–H groups in total. The van der Waals surface area contributed by atoms with E-state index in [0.717, 1.165) is 19.3 Å². The highest BCUT2D eigenvalue weighted by Crippen LogP contribution is 2.34. The van der Waals surface area contributed by atoms with Gasteiger partial charge in [-0.1, -0.05) is 6.42 Å². The normalized spacial score (nSPS) is 17.8. The minimum absolute atomic E-state index is 0.0330. The lowest BCUT2D eigenvalue weighted by atomic mass is 9.72. The molecule has 0 aromatic carbocycles. The predicted molar refractivity (Wildman–Crippen MR) is 48.1 cm³/mol. The van der Waals surface area contributed by atoms with E-state index in [0.29, 0.717) is 0 Å². The van der Waals surface area contributed by atoms with Gasteiger partial charge in [-0.3, -0.25) is 9.59 Å². The van der Waals surface area contributed by atoms with Crippen molar-refractivity contribution in [3.05, 3.63) is 0 Å². The SMILES string of the molecule is COC(=O)C(C)(C)C(=O)C1CCC1. The maximum Gasteiger partial charge on any atom is 0.318 e. The Kier molecular flexibility index (Phi) is 2.74. The first-order valence-electron chi connectivity index (χ1n) is 4.63. The third-order valence-electron chi connectivity index (χ3n) is 2.79. The second-order valence-corrected chi connectivity index (χ2v) is 4.11. The van der Waals surface area contributed by atoms with E-state index in [1.807, 2.05) is 0 Å². The molecule has 0 aromatic heterocycles. The number of carbonyl (C=O) groups is 2. The van der Waals surface area contributed by atoms with Crippen LogP contribution >= 0.6 is 0 Å². The molecule has 1 fully saturated rings. The quantitative estimate of drug-likeness (QED) is 0.493. The molecule has 3 heteroatoms. The molecule has 3 nitrogen and oxygen atoms in total. The van der Waals surface area contributed by atoms with Crippen LogP contribution in [0.3, 0.4) is 0 Å². The summed E-state index contributed by atoms with van der Waals surface area (Å²) in [5, 5.41) is 0. The lowest BCUT2D eigenvalue weighted by molar-refractivity contribution is -0.158. The van der Waals surface area contributed by atoms with E-state index < -0.39 is 11.4 Å². The van der Waals surface area contributed by atoms with Gasteiger partial charge in [-0.25, -0.2) is 0 Å².